The Hall–Kier alpha value is -3.02. The van der Waals surface area contributed by atoms with Crippen LogP contribution in [0.1, 0.15) is 36.2 Å². The van der Waals surface area contributed by atoms with Gasteiger partial charge in [0.05, 0.1) is 19.8 Å². The molecule has 2 aromatic carbocycles. The molecule has 0 heterocycles. The molecule has 2 unspecified atom stereocenters. The van der Waals surface area contributed by atoms with Gasteiger partial charge in [0.1, 0.15) is 0 Å². The van der Waals surface area contributed by atoms with Crippen LogP contribution in [0.5, 0.6) is 11.5 Å². The summed E-state index contributed by atoms with van der Waals surface area (Å²) in [4.78, 5) is 24.1. The van der Waals surface area contributed by atoms with E-state index in [2.05, 4.69) is 17.4 Å². The fraction of sp³-hybridized carbons (Fsp3) is 0.364. The number of nitrogens with one attached hydrogen (secondary N) is 1. The molecule has 2 atom stereocenters. The Labute approximate surface area is 165 Å². The number of hydrogen-bond donors (Lipinski definition) is 1. The van der Waals surface area contributed by atoms with Crippen molar-refractivity contribution in [1.29, 1.82) is 0 Å². The average molecular weight is 385 g/mol. The van der Waals surface area contributed by atoms with E-state index in [-0.39, 0.29) is 11.9 Å². The van der Waals surface area contributed by atoms with E-state index in [0.717, 1.165) is 12.8 Å². The van der Waals surface area contributed by atoms with Gasteiger partial charge in [0.15, 0.2) is 17.6 Å². The fourth-order valence-electron chi connectivity index (χ4n) is 2.71. The van der Waals surface area contributed by atoms with Crippen LogP contribution in [0, 0.1) is 0 Å². The van der Waals surface area contributed by atoms with Gasteiger partial charge in [-0.25, -0.2) is 4.79 Å². The van der Waals surface area contributed by atoms with Crippen LogP contribution in [0.15, 0.2) is 48.5 Å². The normalized spacial score (nSPS) is 12.6. The monoisotopic (exact) mass is 385 g/mol. The second kappa shape index (κ2) is 10.3. The molecule has 2 rings (SSSR count). The molecule has 0 saturated carbocycles. The van der Waals surface area contributed by atoms with Crippen molar-refractivity contribution in [2.24, 2.45) is 0 Å². The maximum absolute atomic E-state index is 12.4. The Morgan fingerprint density at radius 1 is 1.00 bits per heavy atom. The van der Waals surface area contributed by atoms with Gasteiger partial charge in [-0.2, -0.15) is 0 Å². The van der Waals surface area contributed by atoms with Crippen molar-refractivity contribution >= 4 is 11.9 Å². The van der Waals surface area contributed by atoms with Crippen LogP contribution < -0.4 is 14.8 Å². The lowest BCUT2D eigenvalue weighted by atomic mass is 10.1. The maximum atomic E-state index is 12.4. The van der Waals surface area contributed by atoms with E-state index in [1.807, 2.05) is 25.1 Å². The highest BCUT2D eigenvalue weighted by molar-refractivity contribution is 5.90. The smallest absolute Gasteiger partial charge is 0.337 e. The first-order valence-electron chi connectivity index (χ1n) is 9.22. The van der Waals surface area contributed by atoms with Crippen LogP contribution in [-0.4, -0.2) is 38.2 Å². The molecule has 0 saturated heterocycles. The molecule has 0 radical (unpaired) electrons. The van der Waals surface area contributed by atoms with Gasteiger partial charge in [0.25, 0.3) is 5.91 Å². The summed E-state index contributed by atoms with van der Waals surface area (Å²) in [6.45, 7) is 3.65. The summed E-state index contributed by atoms with van der Waals surface area (Å²) >= 11 is 0. The zero-order valence-corrected chi connectivity index (χ0v) is 16.7. The molecule has 6 nitrogen and oxygen atoms in total. The van der Waals surface area contributed by atoms with E-state index in [1.54, 1.807) is 19.1 Å². The lowest BCUT2D eigenvalue weighted by Gasteiger charge is -2.20. The molecular weight excluding hydrogens is 358 g/mol. The van der Waals surface area contributed by atoms with Gasteiger partial charge in [-0.05, 0) is 50.5 Å². The van der Waals surface area contributed by atoms with E-state index in [1.165, 1.54) is 25.8 Å². The van der Waals surface area contributed by atoms with Crippen molar-refractivity contribution in [3.8, 4) is 11.5 Å². The molecule has 2 aromatic rings. The number of benzene rings is 2. The third-order valence-electron chi connectivity index (χ3n) is 4.36. The molecule has 6 heteroatoms. The summed E-state index contributed by atoms with van der Waals surface area (Å²) in [7, 11) is 2.78. The molecule has 0 aliphatic heterocycles. The first-order valence-corrected chi connectivity index (χ1v) is 9.22. The highest BCUT2D eigenvalue weighted by Gasteiger charge is 2.19. The van der Waals surface area contributed by atoms with Crippen molar-refractivity contribution in [2.45, 2.75) is 38.8 Å². The van der Waals surface area contributed by atoms with Crippen molar-refractivity contribution in [3.05, 3.63) is 59.7 Å². The molecule has 0 aromatic heterocycles. The Morgan fingerprint density at radius 2 is 1.71 bits per heavy atom. The van der Waals surface area contributed by atoms with Crippen LogP contribution in [0.4, 0.5) is 0 Å². The molecule has 150 valence electrons. The standard InChI is InChI=1S/C22H27NO5/c1-15(10-11-17-8-6-5-7-9-17)23-21(24)16(2)28-19-13-12-18(22(25)27-4)14-20(19)26-3/h5-9,12-16H,10-11H2,1-4H3,(H,23,24). The minimum Gasteiger partial charge on any atom is -0.493 e. The quantitative estimate of drug-likeness (QED) is 0.670. The molecule has 28 heavy (non-hydrogen) atoms. The summed E-state index contributed by atoms with van der Waals surface area (Å²) < 4.78 is 15.7. The van der Waals surface area contributed by atoms with Gasteiger partial charge < -0.3 is 19.5 Å². The Bertz CT molecular complexity index is 791. The van der Waals surface area contributed by atoms with E-state index in [0.29, 0.717) is 17.1 Å². The Balaban J connectivity index is 1.91. The van der Waals surface area contributed by atoms with Gasteiger partial charge in [0, 0.05) is 6.04 Å². The third-order valence-corrected chi connectivity index (χ3v) is 4.36. The number of rotatable bonds is 9. The predicted octanol–water partition coefficient (Wildman–Crippen LogP) is 3.39. The van der Waals surface area contributed by atoms with Crippen LogP contribution in [-0.2, 0) is 16.0 Å². The summed E-state index contributed by atoms with van der Waals surface area (Å²) in [6.07, 6.45) is 1.01. The molecule has 0 fully saturated rings. The number of aryl methyl sites for hydroxylation is 1. The predicted molar refractivity (Wildman–Crippen MR) is 107 cm³/mol. The summed E-state index contributed by atoms with van der Waals surface area (Å²) in [5.74, 6) is 0.0666. The maximum Gasteiger partial charge on any atom is 0.337 e. The molecular formula is C22H27NO5. The number of ether oxygens (including phenoxy) is 3. The second-order valence-corrected chi connectivity index (χ2v) is 6.55. The molecule has 0 bridgehead atoms. The summed E-state index contributed by atoms with van der Waals surface area (Å²) in [5.41, 5.74) is 1.58. The van der Waals surface area contributed by atoms with Crippen LogP contribution >= 0.6 is 0 Å². The fourth-order valence-corrected chi connectivity index (χ4v) is 2.71. The van der Waals surface area contributed by atoms with Gasteiger partial charge in [-0.15, -0.1) is 0 Å². The largest absolute Gasteiger partial charge is 0.493 e. The van der Waals surface area contributed by atoms with Crippen molar-refractivity contribution in [2.75, 3.05) is 14.2 Å². The number of hydrogen-bond acceptors (Lipinski definition) is 5. The topological polar surface area (TPSA) is 73.9 Å². The lowest BCUT2D eigenvalue weighted by Crippen LogP contribution is -2.41. The van der Waals surface area contributed by atoms with E-state index >= 15 is 0 Å². The van der Waals surface area contributed by atoms with Gasteiger partial charge >= 0.3 is 5.97 Å². The molecule has 0 aliphatic rings. The highest BCUT2D eigenvalue weighted by Crippen LogP contribution is 2.29. The van der Waals surface area contributed by atoms with E-state index in [9.17, 15) is 9.59 Å². The van der Waals surface area contributed by atoms with Crippen molar-refractivity contribution in [3.63, 3.8) is 0 Å². The van der Waals surface area contributed by atoms with Gasteiger partial charge in [0.2, 0.25) is 0 Å². The minimum absolute atomic E-state index is 0.0161. The number of amides is 1. The van der Waals surface area contributed by atoms with Gasteiger partial charge in [-0.1, -0.05) is 30.3 Å². The van der Waals surface area contributed by atoms with Crippen LogP contribution in [0.3, 0.4) is 0 Å². The summed E-state index contributed by atoms with van der Waals surface area (Å²) in [5, 5.41) is 2.97. The first kappa shape index (κ1) is 21.3. The van der Waals surface area contributed by atoms with E-state index < -0.39 is 12.1 Å². The first-order chi connectivity index (χ1) is 13.4. The highest BCUT2D eigenvalue weighted by atomic mass is 16.5. The molecule has 0 spiro atoms. The second-order valence-electron chi connectivity index (χ2n) is 6.55. The average Bonchev–Trinajstić information content (AvgIpc) is 2.72. The number of carbonyl (C=O) groups excluding carboxylic acids is 2. The van der Waals surface area contributed by atoms with Crippen LogP contribution in [0.25, 0.3) is 0 Å². The number of esters is 1. The van der Waals surface area contributed by atoms with Crippen molar-refractivity contribution < 1.29 is 23.8 Å². The van der Waals surface area contributed by atoms with Crippen LogP contribution in [0.2, 0.25) is 0 Å². The lowest BCUT2D eigenvalue weighted by molar-refractivity contribution is -0.127. The third kappa shape index (κ3) is 6.01. The number of methoxy groups -OCH3 is 2. The Morgan fingerprint density at radius 3 is 2.36 bits per heavy atom. The molecule has 1 N–H and O–H groups in total. The minimum atomic E-state index is -0.711. The van der Waals surface area contributed by atoms with Crippen molar-refractivity contribution in [1.82, 2.24) is 5.32 Å². The Kier molecular flexibility index (Phi) is 7.87. The molecule has 1 amide bonds. The molecule has 0 aliphatic carbocycles. The van der Waals surface area contributed by atoms with E-state index in [4.69, 9.17) is 14.2 Å². The SMILES string of the molecule is COC(=O)c1ccc(OC(C)C(=O)NC(C)CCc2ccccc2)c(OC)c1. The zero-order chi connectivity index (χ0) is 20.5. The zero-order valence-electron chi connectivity index (χ0n) is 16.7. The number of carbonyl (C=O) groups is 2. The summed E-state index contributed by atoms with van der Waals surface area (Å²) in [6, 6.07) is 14.8. The van der Waals surface area contributed by atoms with Gasteiger partial charge in [-0.3, -0.25) is 4.79 Å².